The second-order valence-electron chi connectivity index (χ2n) is 6.54. The molecule has 3 nitrogen and oxygen atoms in total. The third kappa shape index (κ3) is 5.66. The third-order valence-corrected chi connectivity index (χ3v) is 4.07. The Morgan fingerprint density at radius 3 is 2.81 bits per heavy atom. The molecule has 1 aliphatic rings. The van der Waals surface area contributed by atoms with E-state index >= 15 is 0 Å². The summed E-state index contributed by atoms with van der Waals surface area (Å²) in [5.74, 6) is 0.802. The lowest BCUT2D eigenvalue weighted by Gasteiger charge is -2.36. The number of aromatic nitrogens is 1. The van der Waals surface area contributed by atoms with Gasteiger partial charge >= 0.3 is 0 Å². The second kappa shape index (κ2) is 8.38. The Balaban J connectivity index is 1.72. The lowest BCUT2D eigenvalue weighted by atomic mass is 9.89. The fourth-order valence-corrected chi connectivity index (χ4v) is 2.87. The normalized spacial score (nSPS) is 21.3. The molecule has 1 aliphatic carbocycles. The number of hydrogen-bond acceptors (Lipinski definition) is 3. The summed E-state index contributed by atoms with van der Waals surface area (Å²) in [4.78, 5) is 4.35. The first-order valence-corrected chi connectivity index (χ1v) is 8.55. The van der Waals surface area contributed by atoms with E-state index in [0.29, 0.717) is 18.2 Å². The van der Waals surface area contributed by atoms with E-state index in [0.717, 1.165) is 25.1 Å². The SMILES string of the molecule is CCCCCCc1ccnc(OC2CC(NC(C)C)C2)c1. The van der Waals surface area contributed by atoms with Gasteiger partial charge in [-0.3, -0.25) is 0 Å². The molecule has 0 radical (unpaired) electrons. The molecule has 1 saturated carbocycles. The molecule has 0 aromatic carbocycles. The summed E-state index contributed by atoms with van der Waals surface area (Å²) in [5, 5.41) is 3.55. The molecule has 1 fully saturated rings. The number of hydrogen-bond donors (Lipinski definition) is 1. The number of nitrogens with zero attached hydrogens (tertiary/aromatic N) is 1. The minimum atomic E-state index is 0.337. The molecule has 21 heavy (non-hydrogen) atoms. The smallest absolute Gasteiger partial charge is 0.213 e. The van der Waals surface area contributed by atoms with Gasteiger partial charge in [0, 0.05) is 24.3 Å². The van der Waals surface area contributed by atoms with Crippen molar-refractivity contribution >= 4 is 0 Å². The van der Waals surface area contributed by atoms with Crippen molar-refractivity contribution in [3.8, 4) is 5.88 Å². The zero-order chi connectivity index (χ0) is 15.1. The van der Waals surface area contributed by atoms with Crippen molar-refractivity contribution in [1.29, 1.82) is 0 Å². The van der Waals surface area contributed by atoms with E-state index in [1.807, 2.05) is 6.20 Å². The number of pyridine rings is 1. The van der Waals surface area contributed by atoms with Crippen LogP contribution in [0.1, 0.15) is 64.9 Å². The molecule has 0 saturated heterocycles. The summed E-state index contributed by atoms with van der Waals surface area (Å²) in [6.45, 7) is 6.63. The largest absolute Gasteiger partial charge is 0.474 e. The molecule has 0 aliphatic heterocycles. The highest BCUT2D eigenvalue weighted by molar-refractivity contribution is 5.21. The maximum atomic E-state index is 5.98. The Hall–Kier alpha value is -1.09. The molecule has 1 heterocycles. The van der Waals surface area contributed by atoms with Crippen molar-refractivity contribution in [1.82, 2.24) is 10.3 Å². The van der Waals surface area contributed by atoms with Gasteiger partial charge in [0.2, 0.25) is 5.88 Å². The second-order valence-corrected chi connectivity index (χ2v) is 6.54. The van der Waals surface area contributed by atoms with Crippen molar-refractivity contribution < 1.29 is 4.74 Å². The maximum Gasteiger partial charge on any atom is 0.213 e. The van der Waals surface area contributed by atoms with Crippen molar-refractivity contribution in [2.24, 2.45) is 0 Å². The third-order valence-electron chi connectivity index (χ3n) is 4.07. The molecule has 118 valence electrons. The van der Waals surface area contributed by atoms with E-state index in [9.17, 15) is 0 Å². The van der Waals surface area contributed by atoms with Crippen molar-refractivity contribution in [2.45, 2.75) is 83.9 Å². The Morgan fingerprint density at radius 2 is 2.10 bits per heavy atom. The lowest BCUT2D eigenvalue weighted by molar-refractivity contribution is 0.0771. The first-order valence-electron chi connectivity index (χ1n) is 8.55. The van der Waals surface area contributed by atoms with Gasteiger partial charge in [-0.25, -0.2) is 4.98 Å². The van der Waals surface area contributed by atoms with Crippen LogP contribution in [0.15, 0.2) is 18.3 Å². The molecular weight excluding hydrogens is 260 g/mol. The molecule has 2 rings (SSSR count). The number of nitrogens with one attached hydrogen (secondary N) is 1. The van der Waals surface area contributed by atoms with Gasteiger partial charge in [0.05, 0.1) is 0 Å². The summed E-state index contributed by atoms with van der Waals surface area (Å²) in [6, 6.07) is 5.41. The number of aryl methyl sites for hydroxylation is 1. The van der Waals surface area contributed by atoms with Crippen molar-refractivity contribution in [2.75, 3.05) is 0 Å². The Morgan fingerprint density at radius 1 is 1.29 bits per heavy atom. The van der Waals surface area contributed by atoms with E-state index in [4.69, 9.17) is 4.74 Å². The van der Waals surface area contributed by atoms with Crippen LogP contribution < -0.4 is 10.1 Å². The zero-order valence-corrected chi connectivity index (χ0v) is 13.8. The van der Waals surface area contributed by atoms with Crippen LogP contribution in [0.5, 0.6) is 5.88 Å². The van der Waals surface area contributed by atoms with Gasteiger partial charge in [-0.15, -0.1) is 0 Å². The van der Waals surface area contributed by atoms with E-state index in [1.165, 1.54) is 31.2 Å². The van der Waals surface area contributed by atoms with Gasteiger partial charge in [0.1, 0.15) is 6.10 Å². The fourth-order valence-electron chi connectivity index (χ4n) is 2.87. The topological polar surface area (TPSA) is 34.1 Å². The molecule has 0 unspecified atom stereocenters. The highest BCUT2D eigenvalue weighted by atomic mass is 16.5. The molecule has 0 bridgehead atoms. The van der Waals surface area contributed by atoms with Gasteiger partial charge in [-0.1, -0.05) is 40.0 Å². The van der Waals surface area contributed by atoms with Crippen LogP contribution >= 0.6 is 0 Å². The van der Waals surface area contributed by atoms with E-state index < -0.39 is 0 Å². The first kappa shape index (κ1) is 16.3. The average molecular weight is 290 g/mol. The predicted molar refractivity (Wildman–Crippen MR) is 87.8 cm³/mol. The molecule has 1 N–H and O–H groups in total. The summed E-state index contributed by atoms with van der Waals surface area (Å²) in [6.07, 6.45) is 10.8. The van der Waals surface area contributed by atoms with Crippen LogP contribution in [0.3, 0.4) is 0 Å². The molecule has 1 aromatic rings. The highest BCUT2D eigenvalue weighted by Gasteiger charge is 2.31. The Kier molecular flexibility index (Phi) is 6.50. The number of rotatable bonds is 9. The van der Waals surface area contributed by atoms with Crippen LogP contribution in [0.25, 0.3) is 0 Å². The first-order chi connectivity index (χ1) is 10.2. The van der Waals surface area contributed by atoms with Crippen LogP contribution in [0.2, 0.25) is 0 Å². The molecule has 0 atom stereocenters. The maximum absolute atomic E-state index is 5.98. The molecule has 1 aromatic heterocycles. The zero-order valence-electron chi connectivity index (χ0n) is 13.8. The molecule has 3 heteroatoms. The summed E-state index contributed by atoms with van der Waals surface area (Å²) >= 11 is 0. The van der Waals surface area contributed by atoms with Crippen LogP contribution in [-0.2, 0) is 6.42 Å². The minimum Gasteiger partial charge on any atom is -0.474 e. The summed E-state index contributed by atoms with van der Waals surface area (Å²) < 4.78 is 5.98. The van der Waals surface area contributed by atoms with Crippen molar-refractivity contribution in [3.05, 3.63) is 23.9 Å². The van der Waals surface area contributed by atoms with Crippen LogP contribution in [0.4, 0.5) is 0 Å². The van der Waals surface area contributed by atoms with E-state index in [-0.39, 0.29) is 0 Å². The minimum absolute atomic E-state index is 0.337. The predicted octanol–water partition coefficient (Wildman–Crippen LogP) is 4.11. The van der Waals surface area contributed by atoms with Gasteiger partial charge in [0.15, 0.2) is 0 Å². The van der Waals surface area contributed by atoms with Crippen LogP contribution in [0, 0.1) is 0 Å². The molecule has 0 amide bonds. The standard InChI is InChI=1S/C18H30N2O/c1-4-5-6-7-8-15-9-10-19-18(11-15)21-17-12-16(13-17)20-14(2)3/h9-11,14,16-17,20H,4-8,12-13H2,1-3H3. The number of ether oxygens (including phenoxy) is 1. The number of unbranched alkanes of at least 4 members (excludes halogenated alkanes) is 3. The Bertz CT molecular complexity index is 413. The molecule has 0 spiro atoms. The fraction of sp³-hybridized carbons (Fsp3) is 0.722. The summed E-state index contributed by atoms with van der Waals surface area (Å²) in [7, 11) is 0. The van der Waals surface area contributed by atoms with Crippen molar-refractivity contribution in [3.63, 3.8) is 0 Å². The van der Waals surface area contributed by atoms with E-state index in [2.05, 4.69) is 43.2 Å². The van der Waals surface area contributed by atoms with Gasteiger partial charge in [0.25, 0.3) is 0 Å². The van der Waals surface area contributed by atoms with Gasteiger partial charge in [-0.2, -0.15) is 0 Å². The summed E-state index contributed by atoms with van der Waals surface area (Å²) in [5.41, 5.74) is 1.35. The Labute approximate surface area is 129 Å². The lowest BCUT2D eigenvalue weighted by Crippen LogP contribution is -2.49. The van der Waals surface area contributed by atoms with E-state index in [1.54, 1.807) is 0 Å². The average Bonchev–Trinajstić information content (AvgIpc) is 2.41. The van der Waals surface area contributed by atoms with Crippen LogP contribution in [-0.4, -0.2) is 23.2 Å². The van der Waals surface area contributed by atoms with Gasteiger partial charge in [-0.05, 0) is 37.3 Å². The van der Waals surface area contributed by atoms with Gasteiger partial charge < -0.3 is 10.1 Å². The molecular formula is C18H30N2O. The monoisotopic (exact) mass is 290 g/mol. The quantitative estimate of drug-likeness (QED) is 0.695. The highest BCUT2D eigenvalue weighted by Crippen LogP contribution is 2.26.